The van der Waals surface area contributed by atoms with E-state index in [1.54, 1.807) is 24.4 Å². The zero-order valence-electron chi connectivity index (χ0n) is 22.3. The molecule has 0 saturated carbocycles. The van der Waals surface area contributed by atoms with Crippen molar-refractivity contribution in [2.75, 3.05) is 42.3 Å². The van der Waals surface area contributed by atoms with Crippen LogP contribution in [0.15, 0.2) is 41.3 Å². The van der Waals surface area contributed by atoms with Crippen LogP contribution in [0.1, 0.15) is 48.9 Å². The maximum atomic E-state index is 13.0. The van der Waals surface area contributed by atoms with Crippen molar-refractivity contribution in [3.05, 3.63) is 53.7 Å². The summed E-state index contributed by atoms with van der Waals surface area (Å²) in [5.74, 6) is 2.35. The van der Waals surface area contributed by atoms with Gasteiger partial charge in [0.05, 0.1) is 12.8 Å². The first-order chi connectivity index (χ1) is 18.2. The van der Waals surface area contributed by atoms with Crippen LogP contribution < -0.4 is 15.5 Å². The fourth-order valence-electron chi connectivity index (χ4n) is 4.22. The number of hydrogen-bond donors (Lipinski definition) is 2. The first-order valence-corrected chi connectivity index (χ1v) is 12.6. The fourth-order valence-corrected chi connectivity index (χ4v) is 4.22. The van der Waals surface area contributed by atoms with Gasteiger partial charge in [0, 0.05) is 48.8 Å². The van der Waals surface area contributed by atoms with Gasteiger partial charge in [0.2, 0.25) is 5.95 Å². The Kier molecular flexibility index (Phi) is 6.94. The molecule has 11 nitrogen and oxygen atoms in total. The Labute approximate surface area is 221 Å². The predicted octanol–water partition coefficient (Wildman–Crippen LogP) is 4.48. The van der Waals surface area contributed by atoms with Crippen LogP contribution in [-0.2, 0) is 10.2 Å². The van der Waals surface area contributed by atoms with Crippen molar-refractivity contribution < 1.29 is 14.1 Å². The minimum atomic E-state index is -0.295. The molecule has 3 aromatic heterocycles. The van der Waals surface area contributed by atoms with Gasteiger partial charge >= 0.3 is 0 Å². The number of nitrogens with zero attached hydrogens (tertiary/aromatic N) is 6. The zero-order chi connectivity index (χ0) is 26.9. The average Bonchev–Trinajstić information content (AvgIpc) is 3.57. The minimum absolute atomic E-state index is 0.208. The van der Waals surface area contributed by atoms with E-state index in [0.29, 0.717) is 45.9 Å². The quantitative estimate of drug-likeness (QED) is 0.362. The van der Waals surface area contributed by atoms with Gasteiger partial charge in [-0.2, -0.15) is 0 Å². The number of anilines is 4. The summed E-state index contributed by atoms with van der Waals surface area (Å²) in [6, 6.07) is 7.16. The van der Waals surface area contributed by atoms with E-state index in [1.807, 2.05) is 45.7 Å². The number of rotatable bonds is 7. The van der Waals surface area contributed by atoms with Gasteiger partial charge in [0.15, 0.2) is 11.6 Å². The monoisotopic (exact) mass is 516 g/mol. The molecular weight excluding hydrogens is 484 g/mol. The van der Waals surface area contributed by atoms with E-state index < -0.39 is 0 Å². The van der Waals surface area contributed by atoms with Crippen molar-refractivity contribution in [1.82, 2.24) is 25.1 Å². The number of aromatic nitrogens is 5. The van der Waals surface area contributed by atoms with E-state index in [9.17, 15) is 4.79 Å². The number of fused-ring (bicyclic) bond motifs is 1. The molecule has 1 aliphatic heterocycles. The lowest BCUT2D eigenvalue weighted by Gasteiger charge is -2.20. The summed E-state index contributed by atoms with van der Waals surface area (Å²) in [7, 11) is 1.97. The summed E-state index contributed by atoms with van der Waals surface area (Å²) >= 11 is 0. The van der Waals surface area contributed by atoms with Crippen molar-refractivity contribution in [3.63, 3.8) is 0 Å². The number of carbonyl (C=O) groups excluding carboxylic acids is 1. The normalized spacial score (nSPS) is 15.6. The maximum absolute atomic E-state index is 13.0. The number of benzene rings is 1. The number of aryl methyl sites for hydroxylation is 1. The highest BCUT2D eigenvalue weighted by Crippen LogP contribution is 2.27. The Morgan fingerprint density at radius 2 is 2.03 bits per heavy atom. The third-order valence-electron chi connectivity index (χ3n) is 6.51. The third-order valence-corrected chi connectivity index (χ3v) is 6.51. The second-order valence-corrected chi connectivity index (χ2v) is 10.7. The van der Waals surface area contributed by atoms with Crippen LogP contribution in [0.4, 0.5) is 23.3 Å². The first-order valence-electron chi connectivity index (χ1n) is 12.6. The molecule has 4 heterocycles. The lowest BCUT2D eigenvalue weighted by atomic mass is 9.93. The minimum Gasteiger partial charge on any atom is -0.381 e. The van der Waals surface area contributed by atoms with Crippen molar-refractivity contribution in [2.24, 2.45) is 5.92 Å². The molecule has 1 atom stereocenters. The first kappa shape index (κ1) is 25.5. The van der Waals surface area contributed by atoms with Crippen molar-refractivity contribution in [2.45, 2.75) is 39.5 Å². The highest BCUT2D eigenvalue weighted by atomic mass is 16.5. The second kappa shape index (κ2) is 10.3. The van der Waals surface area contributed by atoms with E-state index in [0.717, 1.165) is 37.4 Å². The number of carbonyl (C=O) groups is 1. The standard InChI is InChI=1S/C27H32N8O3/c1-16-6-7-18(25(36)32-22-11-21(38-34-22)27(2,3)4)10-19(16)31-24-23-20(29-15-30-24)12-28-26(33-23)35(5)13-17-8-9-37-14-17/h6-7,10-12,15,17H,8-9,13-14H2,1-5H3,(H,29,30,31)(H,32,34,36). The second-order valence-electron chi connectivity index (χ2n) is 10.7. The van der Waals surface area contributed by atoms with Crippen LogP contribution in [0.3, 0.4) is 0 Å². The van der Waals surface area contributed by atoms with E-state index >= 15 is 0 Å². The average molecular weight is 517 g/mol. The van der Waals surface area contributed by atoms with Gasteiger partial charge in [-0.3, -0.25) is 4.79 Å². The summed E-state index contributed by atoms with van der Waals surface area (Å²) in [6.45, 7) is 10.4. The van der Waals surface area contributed by atoms with Gasteiger partial charge in [0.25, 0.3) is 5.91 Å². The molecule has 1 aromatic carbocycles. The highest BCUT2D eigenvalue weighted by Gasteiger charge is 2.22. The fraction of sp³-hybridized carbons (Fsp3) is 0.407. The van der Waals surface area contributed by atoms with Gasteiger partial charge in [-0.05, 0) is 31.0 Å². The largest absolute Gasteiger partial charge is 0.381 e. The SMILES string of the molecule is Cc1ccc(C(=O)Nc2cc(C(C)(C)C)on2)cc1Nc1ncnc2cnc(N(C)CC3CCOC3)nc12. The molecule has 1 amide bonds. The summed E-state index contributed by atoms with van der Waals surface area (Å²) in [6.07, 6.45) is 4.20. The lowest BCUT2D eigenvalue weighted by Crippen LogP contribution is -2.27. The molecular formula is C27H32N8O3. The van der Waals surface area contributed by atoms with Crippen molar-refractivity contribution in [1.29, 1.82) is 0 Å². The molecule has 0 aliphatic carbocycles. The number of ether oxygens (including phenoxy) is 1. The molecule has 198 valence electrons. The number of nitrogens with one attached hydrogen (secondary N) is 2. The molecule has 2 N–H and O–H groups in total. The Morgan fingerprint density at radius 1 is 1.18 bits per heavy atom. The van der Waals surface area contributed by atoms with E-state index in [1.165, 1.54) is 6.33 Å². The zero-order valence-corrected chi connectivity index (χ0v) is 22.3. The number of amides is 1. The smallest absolute Gasteiger partial charge is 0.256 e. The van der Waals surface area contributed by atoms with Crippen LogP contribution in [0, 0.1) is 12.8 Å². The molecule has 11 heteroatoms. The van der Waals surface area contributed by atoms with Crippen LogP contribution in [0.25, 0.3) is 11.0 Å². The molecule has 0 bridgehead atoms. The molecule has 5 rings (SSSR count). The van der Waals surface area contributed by atoms with Gasteiger partial charge in [-0.1, -0.05) is 32.0 Å². The third kappa shape index (κ3) is 5.57. The summed E-state index contributed by atoms with van der Waals surface area (Å²) in [5, 5.41) is 10.1. The maximum Gasteiger partial charge on any atom is 0.256 e. The topological polar surface area (TPSA) is 131 Å². The lowest BCUT2D eigenvalue weighted by molar-refractivity contribution is 0.102. The van der Waals surface area contributed by atoms with E-state index in [2.05, 4.69) is 30.7 Å². The molecule has 1 aliphatic rings. The molecule has 1 saturated heterocycles. The van der Waals surface area contributed by atoms with Crippen molar-refractivity contribution >= 4 is 40.2 Å². The summed E-state index contributed by atoms with van der Waals surface area (Å²) < 4.78 is 10.9. The van der Waals surface area contributed by atoms with E-state index in [-0.39, 0.29) is 11.3 Å². The van der Waals surface area contributed by atoms with Crippen LogP contribution in [-0.4, -0.2) is 57.8 Å². The Bertz CT molecular complexity index is 1460. The Morgan fingerprint density at radius 3 is 2.76 bits per heavy atom. The van der Waals surface area contributed by atoms with Gasteiger partial charge in [-0.15, -0.1) is 0 Å². The Balaban J connectivity index is 1.37. The van der Waals surface area contributed by atoms with Crippen LogP contribution in [0.2, 0.25) is 0 Å². The molecule has 4 aromatic rings. The molecule has 1 unspecified atom stereocenters. The number of hydrogen-bond acceptors (Lipinski definition) is 10. The van der Waals surface area contributed by atoms with E-state index in [4.69, 9.17) is 14.2 Å². The molecule has 38 heavy (non-hydrogen) atoms. The van der Waals surface area contributed by atoms with Gasteiger partial charge < -0.3 is 24.8 Å². The van der Waals surface area contributed by atoms with Crippen molar-refractivity contribution in [3.8, 4) is 0 Å². The molecule has 0 spiro atoms. The highest BCUT2D eigenvalue weighted by molar-refractivity contribution is 6.04. The van der Waals surface area contributed by atoms with Crippen LogP contribution in [0.5, 0.6) is 0 Å². The Hall–Kier alpha value is -4.12. The molecule has 0 radical (unpaired) electrons. The predicted molar refractivity (Wildman–Crippen MR) is 145 cm³/mol. The van der Waals surface area contributed by atoms with Gasteiger partial charge in [-0.25, -0.2) is 19.9 Å². The molecule has 1 fully saturated rings. The summed E-state index contributed by atoms with van der Waals surface area (Å²) in [5.41, 5.74) is 3.14. The van der Waals surface area contributed by atoms with Crippen LogP contribution >= 0.6 is 0 Å². The van der Waals surface area contributed by atoms with Gasteiger partial charge in [0.1, 0.15) is 23.1 Å². The summed E-state index contributed by atoms with van der Waals surface area (Å²) in [4.78, 5) is 33.0.